The van der Waals surface area contributed by atoms with Gasteiger partial charge < -0.3 is 4.74 Å². The molecule has 0 aromatic heterocycles. The molecule has 0 saturated heterocycles. The van der Waals surface area contributed by atoms with Gasteiger partial charge in [0.15, 0.2) is 6.61 Å². The minimum Gasteiger partial charge on any atom is -0.482 e. The second-order valence-corrected chi connectivity index (χ2v) is 7.71. The maximum absolute atomic E-state index is 12.1. The monoisotopic (exact) mass is 466 g/mol. The van der Waals surface area contributed by atoms with Crippen LogP contribution in [0.15, 0.2) is 82.4 Å². The van der Waals surface area contributed by atoms with Gasteiger partial charge in [0.1, 0.15) is 5.75 Å². The Labute approximate surface area is 181 Å². The Morgan fingerprint density at radius 2 is 1.66 bits per heavy atom. The first kappa shape index (κ1) is 19.4. The second-order valence-electron chi connectivity index (χ2n) is 6.39. The molecule has 0 unspecified atom stereocenters. The lowest BCUT2D eigenvalue weighted by molar-refractivity contribution is -0.123. The van der Waals surface area contributed by atoms with Crippen molar-refractivity contribution >= 4 is 61.2 Å². The number of ether oxygens (including phenoxy) is 1. The Kier molecular flexibility index (Phi) is 5.79. The summed E-state index contributed by atoms with van der Waals surface area (Å²) in [6.07, 6.45) is 1.68. The van der Waals surface area contributed by atoms with Crippen LogP contribution in [0.3, 0.4) is 0 Å². The van der Waals surface area contributed by atoms with Gasteiger partial charge in [-0.2, -0.15) is 5.10 Å². The quantitative estimate of drug-likeness (QED) is 0.224. The summed E-state index contributed by atoms with van der Waals surface area (Å²) in [5.41, 5.74) is 3.47. The van der Waals surface area contributed by atoms with Crippen LogP contribution in [-0.2, 0) is 4.79 Å². The number of fused-ring (bicyclic) bond motifs is 2. The number of rotatable bonds is 5. The third-order valence-corrected chi connectivity index (χ3v) is 5.24. The zero-order valence-corrected chi connectivity index (χ0v) is 17.6. The molecule has 1 N–H and O–H groups in total. The van der Waals surface area contributed by atoms with Crippen LogP contribution in [0, 0.1) is 0 Å². The molecule has 29 heavy (non-hydrogen) atoms. The summed E-state index contributed by atoms with van der Waals surface area (Å²) in [4.78, 5) is 12.1. The van der Waals surface area contributed by atoms with Gasteiger partial charge in [0.25, 0.3) is 5.91 Å². The number of benzene rings is 4. The number of nitrogens with zero attached hydrogens (tertiary/aromatic N) is 1. The molecule has 0 spiro atoms. The van der Waals surface area contributed by atoms with Gasteiger partial charge in [-0.25, -0.2) is 5.43 Å². The van der Waals surface area contributed by atoms with Crippen molar-refractivity contribution in [2.45, 2.75) is 0 Å². The van der Waals surface area contributed by atoms with Gasteiger partial charge in [0.2, 0.25) is 0 Å². The normalized spacial score (nSPS) is 11.2. The highest BCUT2D eigenvalue weighted by Gasteiger charge is 2.07. The van der Waals surface area contributed by atoms with Crippen LogP contribution in [-0.4, -0.2) is 18.7 Å². The Bertz CT molecular complexity index is 1190. The molecule has 4 aromatic carbocycles. The van der Waals surface area contributed by atoms with Crippen molar-refractivity contribution in [3.05, 3.63) is 87.9 Å². The lowest BCUT2D eigenvalue weighted by Gasteiger charge is -2.08. The standard InChI is InChI=1S/C23H16BrClN2O2/c24-17-9-10-22(21(25)12-17)29-14-23(28)27-26-13-20-18-7-3-1-5-15(18)11-16-6-2-4-8-19(16)20/h1-13H,14H2,(H,27,28). The van der Waals surface area contributed by atoms with E-state index < -0.39 is 0 Å². The highest BCUT2D eigenvalue weighted by molar-refractivity contribution is 9.10. The third-order valence-electron chi connectivity index (χ3n) is 4.45. The molecule has 0 radical (unpaired) electrons. The lowest BCUT2D eigenvalue weighted by Crippen LogP contribution is -2.24. The van der Waals surface area contributed by atoms with Crippen molar-refractivity contribution in [3.63, 3.8) is 0 Å². The molecule has 0 heterocycles. The van der Waals surface area contributed by atoms with Crippen LogP contribution in [0.25, 0.3) is 21.5 Å². The summed E-state index contributed by atoms with van der Waals surface area (Å²) in [5.74, 6) is 0.0684. The van der Waals surface area contributed by atoms with Crippen molar-refractivity contribution in [1.29, 1.82) is 0 Å². The number of nitrogens with one attached hydrogen (secondary N) is 1. The maximum Gasteiger partial charge on any atom is 0.277 e. The Hall–Kier alpha value is -2.89. The highest BCUT2D eigenvalue weighted by Crippen LogP contribution is 2.28. The smallest absolute Gasteiger partial charge is 0.277 e. The van der Waals surface area contributed by atoms with Crippen LogP contribution in [0.4, 0.5) is 0 Å². The zero-order chi connectivity index (χ0) is 20.2. The molecule has 0 bridgehead atoms. The van der Waals surface area contributed by atoms with E-state index in [1.807, 2.05) is 36.4 Å². The maximum atomic E-state index is 12.1. The van der Waals surface area contributed by atoms with E-state index in [4.69, 9.17) is 16.3 Å². The topological polar surface area (TPSA) is 50.7 Å². The first-order chi connectivity index (χ1) is 14.1. The lowest BCUT2D eigenvalue weighted by atomic mass is 9.97. The predicted octanol–water partition coefficient (Wildman–Crippen LogP) is 5.94. The Morgan fingerprint density at radius 1 is 1.00 bits per heavy atom. The molecule has 4 rings (SSSR count). The first-order valence-corrected chi connectivity index (χ1v) is 10.1. The third kappa shape index (κ3) is 4.42. The average Bonchev–Trinajstić information content (AvgIpc) is 2.72. The number of hydrazone groups is 1. The summed E-state index contributed by atoms with van der Waals surface area (Å²) in [6, 6.07) is 23.6. The Balaban J connectivity index is 1.51. The van der Waals surface area contributed by atoms with Crippen molar-refractivity contribution in [2.24, 2.45) is 5.10 Å². The summed E-state index contributed by atoms with van der Waals surface area (Å²) in [7, 11) is 0. The molecule has 144 valence electrons. The van der Waals surface area contributed by atoms with Crippen LogP contribution in [0.5, 0.6) is 5.75 Å². The van der Waals surface area contributed by atoms with Crippen molar-refractivity contribution in [1.82, 2.24) is 5.43 Å². The molecule has 6 heteroatoms. The van der Waals surface area contributed by atoms with E-state index in [0.717, 1.165) is 31.6 Å². The molecule has 0 saturated carbocycles. The van der Waals surface area contributed by atoms with Crippen molar-refractivity contribution in [2.75, 3.05) is 6.61 Å². The average molecular weight is 468 g/mol. The number of hydrogen-bond acceptors (Lipinski definition) is 3. The number of halogens is 2. The summed E-state index contributed by atoms with van der Waals surface area (Å²) in [5, 5.41) is 8.95. The number of amides is 1. The number of carbonyl (C=O) groups is 1. The van der Waals surface area contributed by atoms with Gasteiger partial charge in [-0.1, -0.05) is 76.1 Å². The van der Waals surface area contributed by atoms with Gasteiger partial charge >= 0.3 is 0 Å². The van der Waals surface area contributed by atoms with Crippen molar-refractivity contribution < 1.29 is 9.53 Å². The number of hydrogen-bond donors (Lipinski definition) is 1. The highest BCUT2D eigenvalue weighted by atomic mass is 79.9. The minimum atomic E-state index is -0.371. The van der Waals surface area contributed by atoms with Gasteiger partial charge in [-0.05, 0) is 45.8 Å². The van der Waals surface area contributed by atoms with Crippen LogP contribution in [0.1, 0.15) is 5.56 Å². The first-order valence-electron chi connectivity index (χ1n) is 8.92. The molecule has 0 aliphatic rings. The van der Waals surface area contributed by atoms with Crippen LogP contribution >= 0.6 is 27.5 Å². The van der Waals surface area contributed by atoms with E-state index in [9.17, 15) is 4.79 Å². The predicted molar refractivity (Wildman–Crippen MR) is 122 cm³/mol. The minimum absolute atomic E-state index is 0.186. The summed E-state index contributed by atoms with van der Waals surface area (Å²) < 4.78 is 6.30. The zero-order valence-electron chi connectivity index (χ0n) is 15.2. The van der Waals surface area contributed by atoms with E-state index in [-0.39, 0.29) is 12.5 Å². The fourth-order valence-electron chi connectivity index (χ4n) is 3.12. The molecule has 4 aromatic rings. The molecule has 0 aliphatic carbocycles. The van der Waals surface area contributed by atoms with Gasteiger partial charge in [0.05, 0.1) is 11.2 Å². The molecular weight excluding hydrogens is 452 g/mol. The van der Waals surface area contributed by atoms with E-state index >= 15 is 0 Å². The fraction of sp³-hybridized carbons (Fsp3) is 0.0435. The fourth-order valence-corrected chi connectivity index (χ4v) is 3.85. The molecule has 4 nitrogen and oxygen atoms in total. The SMILES string of the molecule is O=C(COc1ccc(Br)cc1Cl)NN=Cc1c2ccccc2cc2ccccc12. The number of carbonyl (C=O) groups excluding carboxylic acids is 1. The Morgan fingerprint density at radius 3 is 2.31 bits per heavy atom. The van der Waals surface area contributed by atoms with E-state index in [0.29, 0.717) is 10.8 Å². The van der Waals surface area contributed by atoms with E-state index in [1.54, 1.807) is 24.4 Å². The second kappa shape index (κ2) is 8.64. The summed E-state index contributed by atoms with van der Waals surface area (Å²) >= 11 is 9.42. The molecular formula is C23H16BrClN2O2. The largest absolute Gasteiger partial charge is 0.482 e. The molecule has 0 fully saturated rings. The molecule has 0 aliphatic heterocycles. The van der Waals surface area contributed by atoms with Gasteiger partial charge in [-0.15, -0.1) is 0 Å². The molecule has 0 atom stereocenters. The van der Waals surface area contributed by atoms with Crippen molar-refractivity contribution in [3.8, 4) is 5.75 Å². The van der Waals surface area contributed by atoms with Crippen LogP contribution < -0.4 is 10.2 Å². The van der Waals surface area contributed by atoms with Crippen LogP contribution in [0.2, 0.25) is 5.02 Å². The van der Waals surface area contributed by atoms with E-state index in [2.05, 4.69) is 44.7 Å². The van der Waals surface area contributed by atoms with Gasteiger partial charge in [-0.3, -0.25) is 4.79 Å². The summed E-state index contributed by atoms with van der Waals surface area (Å²) in [6.45, 7) is -0.186. The molecule has 1 amide bonds. The van der Waals surface area contributed by atoms with E-state index in [1.165, 1.54) is 0 Å². The van der Waals surface area contributed by atoms with Gasteiger partial charge in [0, 0.05) is 10.0 Å².